The van der Waals surface area contributed by atoms with E-state index < -0.39 is 0 Å². The van der Waals surface area contributed by atoms with E-state index in [4.69, 9.17) is 19.2 Å². The lowest BCUT2D eigenvalue weighted by atomic mass is 9.88. The zero-order valence-electron chi connectivity index (χ0n) is 22.4. The van der Waals surface area contributed by atoms with Crippen molar-refractivity contribution in [3.63, 3.8) is 0 Å². The Morgan fingerprint density at radius 2 is 1.77 bits per heavy atom. The fourth-order valence-electron chi connectivity index (χ4n) is 5.10. The molecule has 0 unspecified atom stereocenters. The Morgan fingerprint density at radius 1 is 1.03 bits per heavy atom. The average Bonchev–Trinajstić information content (AvgIpc) is 2.96. The van der Waals surface area contributed by atoms with Crippen LogP contribution in [0.25, 0.3) is 10.9 Å². The van der Waals surface area contributed by atoms with Crippen LogP contribution in [0.5, 0.6) is 17.2 Å². The standard InChI is InChI=1S/C31H32BrN3O4/c1-20-8-7-9-21(14-20)19-39-29-27(37-2)15-22(16-28(29)38-3)18-33-35-30(23-10-5-4-6-11-23)34-26-13-12-24(32)17-25(26)31(35)36/h7-9,12-18,23H,4-6,10-11,19H2,1-3H3. The topological polar surface area (TPSA) is 74.9 Å². The second-order valence-corrected chi connectivity index (χ2v) is 10.8. The summed E-state index contributed by atoms with van der Waals surface area (Å²) in [6.45, 7) is 2.42. The lowest BCUT2D eigenvalue weighted by Gasteiger charge is -2.22. The smallest absolute Gasteiger partial charge is 0.282 e. The molecule has 1 fully saturated rings. The summed E-state index contributed by atoms with van der Waals surface area (Å²) >= 11 is 3.48. The molecule has 7 nitrogen and oxygen atoms in total. The molecule has 202 valence electrons. The van der Waals surface area contributed by atoms with Gasteiger partial charge < -0.3 is 14.2 Å². The summed E-state index contributed by atoms with van der Waals surface area (Å²) in [5.74, 6) is 2.45. The van der Waals surface area contributed by atoms with Gasteiger partial charge in [-0.25, -0.2) is 4.98 Å². The van der Waals surface area contributed by atoms with E-state index in [0.717, 1.165) is 35.7 Å². The third kappa shape index (κ3) is 6.01. The molecule has 5 rings (SSSR count). The molecule has 0 aliphatic heterocycles. The Labute approximate surface area is 236 Å². The van der Waals surface area contributed by atoms with Crippen molar-refractivity contribution in [1.82, 2.24) is 9.66 Å². The third-order valence-electron chi connectivity index (χ3n) is 7.07. The molecule has 1 aromatic heterocycles. The Balaban J connectivity index is 1.52. The molecule has 0 radical (unpaired) electrons. The van der Waals surface area contributed by atoms with Crippen molar-refractivity contribution in [2.45, 2.75) is 51.6 Å². The molecule has 0 bridgehead atoms. The lowest BCUT2D eigenvalue weighted by molar-refractivity contribution is 0.266. The minimum absolute atomic E-state index is 0.185. The minimum Gasteiger partial charge on any atom is -0.493 e. The van der Waals surface area contributed by atoms with Gasteiger partial charge in [-0.3, -0.25) is 4.79 Å². The van der Waals surface area contributed by atoms with Crippen molar-refractivity contribution < 1.29 is 14.2 Å². The van der Waals surface area contributed by atoms with Crippen LogP contribution < -0.4 is 19.8 Å². The molecule has 0 atom stereocenters. The summed E-state index contributed by atoms with van der Waals surface area (Å²) in [6, 6.07) is 17.4. The van der Waals surface area contributed by atoms with E-state index in [2.05, 4.69) is 27.1 Å². The predicted molar refractivity (Wildman–Crippen MR) is 158 cm³/mol. The van der Waals surface area contributed by atoms with Gasteiger partial charge >= 0.3 is 0 Å². The number of rotatable bonds is 8. The number of hydrogen-bond donors (Lipinski definition) is 0. The van der Waals surface area contributed by atoms with Crippen LogP contribution in [0.2, 0.25) is 0 Å². The van der Waals surface area contributed by atoms with Crippen molar-refractivity contribution in [3.05, 3.63) is 91.9 Å². The molecule has 0 saturated heterocycles. The highest BCUT2D eigenvalue weighted by molar-refractivity contribution is 9.10. The number of methoxy groups -OCH3 is 2. The van der Waals surface area contributed by atoms with Gasteiger partial charge in [-0.15, -0.1) is 0 Å². The van der Waals surface area contributed by atoms with E-state index >= 15 is 0 Å². The lowest BCUT2D eigenvalue weighted by Crippen LogP contribution is -2.25. The van der Waals surface area contributed by atoms with Crippen molar-refractivity contribution in [2.24, 2.45) is 5.10 Å². The second kappa shape index (κ2) is 12.0. The molecule has 4 aromatic rings. The maximum atomic E-state index is 13.6. The van der Waals surface area contributed by atoms with Gasteiger partial charge in [0.15, 0.2) is 11.5 Å². The maximum absolute atomic E-state index is 13.6. The summed E-state index contributed by atoms with van der Waals surface area (Å²) in [6.07, 6.45) is 7.11. The number of aryl methyl sites for hydroxylation is 1. The van der Waals surface area contributed by atoms with Gasteiger partial charge in [0.2, 0.25) is 5.75 Å². The number of nitrogens with zero attached hydrogens (tertiary/aromatic N) is 3. The molecule has 8 heteroatoms. The summed E-state index contributed by atoms with van der Waals surface area (Å²) in [4.78, 5) is 18.5. The van der Waals surface area contributed by atoms with E-state index in [9.17, 15) is 4.79 Å². The molecule has 1 saturated carbocycles. The molecule has 1 aliphatic rings. The summed E-state index contributed by atoms with van der Waals surface area (Å²) in [5.41, 5.74) is 3.43. The summed E-state index contributed by atoms with van der Waals surface area (Å²) in [7, 11) is 3.18. The summed E-state index contributed by atoms with van der Waals surface area (Å²) < 4.78 is 19.7. The van der Waals surface area contributed by atoms with Crippen LogP contribution in [0, 0.1) is 6.92 Å². The SMILES string of the molecule is COc1cc(C=Nn2c(C3CCCCC3)nc3ccc(Br)cc3c2=O)cc(OC)c1OCc1cccc(C)c1. The minimum atomic E-state index is -0.185. The molecule has 0 spiro atoms. The van der Waals surface area contributed by atoms with Crippen molar-refractivity contribution in [3.8, 4) is 17.2 Å². The second-order valence-electron chi connectivity index (χ2n) is 9.86. The zero-order valence-corrected chi connectivity index (χ0v) is 24.0. The molecule has 39 heavy (non-hydrogen) atoms. The van der Waals surface area contributed by atoms with Gasteiger partial charge in [-0.1, -0.05) is 65.0 Å². The molecule has 0 amide bonds. The Bertz CT molecular complexity index is 1550. The van der Waals surface area contributed by atoms with Gasteiger partial charge in [-0.05, 0) is 55.7 Å². The number of ether oxygens (including phenoxy) is 3. The fraction of sp³-hybridized carbons (Fsp3) is 0.323. The highest BCUT2D eigenvalue weighted by Gasteiger charge is 2.23. The largest absolute Gasteiger partial charge is 0.493 e. The molecular formula is C31H32BrN3O4. The monoisotopic (exact) mass is 589 g/mol. The van der Waals surface area contributed by atoms with E-state index in [1.165, 1.54) is 16.7 Å². The van der Waals surface area contributed by atoms with Gasteiger partial charge in [-0.2, -0.15) is 9.78 Å². The first-order chi connectivity index (χ1) is 19.0. The van der Waals surface area contributed by atoms with Crippen LogP contribution in [0.1, 0.15) is 60.5 Å². The first-order valence-corrected chi connectivity index (χ1v) is 14.0. The fourth-order valence-corrected chi connectivity index (χ4v) is 5.46. The number of hydrogen-bond acceptors (Lipinski definition) is 6. The van der Waals surface area contributed by atoms with Crippen molar-refractivity contribution >= 4 is 33.0 Å². The Hall–Kier alpha value is -3.65. The van der Waals surface area contributed by atoms with E-state index in [1.54, 1.807) is 26.5 Å². The zero-order chi connectivity index (χ0) is 27.4. The van der Waals surface area contributed by atoms with Crippen molar-refractivity contribution in [1.29, 1.82) is 0 Å². The average molecular weight is 591 g/mol. The van der Waals surface area contributed by atoms with Crippen molar-refractivity contribution in [2.75, 3.05) is 14.2 Å². The highest BCUT2D eigenvalue weighted by atomic mass is 79.9. The number of aromatic nitrogens is 2. The van der Waals surface area contributed by atoms with Crippen LogP contribution in [-0.2, 0) is 6.61 Å². The van der Waals surface area contributed by atoms with Crippen LogP contribution in [0.4, 0.5) is 0 Å². The first kappa shape index (κ1) is 26.9. The normalized spacial score (nSPS) is 14.2. The van der Waals surface area contributed by atoms with Gasteiger partial charge in [0.05, 0.1) is 31.3 Å². The quantitative estimate of drug-likeness (QED) is 0.207. The Morgan fingerprint density at radius 3 is 2.46 bits per heavy atom. The Kier molecular flexibility index (Phi) is 8.31. The van der Waals surface area contributed by atoms with Gasteiger partial charge in [0.1, 0.15) is 12.4 Å². The molecule has 0 N–H and O–H groups in total. The number of benzene rings is 3. The number of halogens is 1. The molecule has 1 heterocycles. The summed E-state index contributed by atoms with van der Waals surface area (Å²) in [5, 5.41) is 5.19. The van der Waals surface area contributed by atoms with E-state index in [0.29, 0.717) is 46.1 Å². The third-order valence-corrected chi connectivity index (χ3v) is 7.57. The predicted octanol–water partition coefficient (Wildman–Crippen LogP) is 6.99. The number of fused-ring (bicyclic) bond motifs is 1. The van der Waals surface area contributed by atoms with E-state index in [-0.39, 0.29) is 11.5 Å². The van der Waals surface area contributed by atoms with Crippen LogP contribution >= 0.6 is 15.9 Å². The molecule has 3 aromatic carbocycles. The highest BCUT2D eigenvalue weighted by Crippen LogP contribution is 2.39. The van der Waals surface area contributed by atoms with Crippen LogP contribution in [0.15, 0.2) is 69.0 Å². The van der Waals surface area contributed by atoms with E-state index in [1.807, 2.05) is 49.4 Å². The van der Waals surface area contributed by atoms with Crippen LogP contribution in [-0.4, -0.2) is 30.1 Å². The molecular weight excluding hydrogens is 558 g/mol. The maximum Gasteiger partial charge on any atom is 0.282 e. The molecule has 1 aliphatic carbocycles. The van der Waals surface area contributed by atoms with Crippen LogP contribution in [0.3, 0.4) is 0 Å². The van der Waals surface area contributed by atoms with Gasteiger partial charge in [0.25, 0.3) is 5.56 Å². The van der Waals surface area contributed by atoms with Gasteiger partial charge in [0, 0.05) is 16.0 Å². The first-order valence-electron chi connectivity index (χ1n) is 13.2.